The summed E-state index contributed by atoms with van der Waals surface area (Å²) in [6.07, 6.45) is 1.52. The highest BCUT2D eigenvalue weighted by Crippen LogP contribution is 2.26. The topological polar surface area (TPSA) is 46.3 Å². The van der Waals surface area contributed by atoms with Crippen LogP contribution in [0.1, 0.15) is 27.4 Å². The molecule has 0 spiro atoms. The van der Waals surface area contributed by atoms with Crippen LogP contribution in [-0.4, -0.2) is 11.1 Å². The van der Waals surface area contributed by atoms with Gasteiger partial charge in [-0.05, 0) is 31.9 Å². The lowest BCUT2D eigenvalue weighted by atomic mass is 10.1. The Morgan fingerprint density at radius 1 is 1.35 bits per heavy atom. The van der Waals surface area contributed by atoms with Crippen molar-refractivity contribution in [2.75, 3.05) is 4.90 Å². The third-order valence-electron chi connectivity index (χ3n) is 2.97. The molecular weight excluding hydrogens is 252 g/mol. The van der Waals surface area contributed by atoms with Gasteiger partial charge in [0.2, 0.25) is 0 Å². The summed E-state index contributed by atoms with van der Waals surface area (Å²) in [5.74, 6) is 0.327. The first-order chi connectivity index (χ1) is 9.54. The normalized spacial score (nSPS) is 9.95. The molecule has 1 aromatic heterocycles. The van der Waals surface area contributed by atoms with Crippen LogP contribution < -0.4 is 4.90 Å². The summed E-state index contributed by atoms with van der Waals surface area (Å²) in [6.45, 7) is 9.20. The van der Waals surface area contributed by atoms with Crippen molar-refractivity contribution >= 4 is 11.6 Å². The molecule has 0 unspecified atom stereocenters. The first-order valence-corrected chi connectivity index (χ1v) is 6.23. The van der Waals surface area contributed by atoms with Crippen molar-refractivity contribution in [1.82, 2.24) is 5.16 Å². The molecule has 0 aliphatic carbocycles. The largest absolute Gasteiger partial charge is 0.361 e. The minimum Gasteiger partial charge on any atom is -0.361 e. The van der Waals surface area contributed by atoms with Crippen LogP contribution >= 0.6 is 0 Å². The van der Waals surface area contributed by atoms with Gasteiger partial charge in [-0.15, -0.1) is 5.73 Å². The summed E-state index contributed by atoms with van der Waals surface area (Å²) in [5.41, 5.74) is 5.71. The number of para-hydroxylation sites is 1. The average Bonchev–Trinajstić information content (AvgIpc) is 2.83. The molecule has 0 radical (unpaired) electrons. The second-order valence-electron chi connectivity index (χ2n) is 4.57. The van der Waals surface area contributed by atoms with Crippen LogP contribution in [0.3, 0.4) is 0 Å². The van der Waals surface area contributed by atoms with Gasteiger partial charge in [0.1, 0.15) is 5.76 Å². The standard InChI is InChI=1S/C16H16N2O2/c1-5-9-18(15-11(2)7-6-8-12(15)3)16(19)14-10-13(4)20-17-14/h6-10H,1H2,2-4H3. The molecular formula is C16H16N2O2. The SMILES string of the molecule is C=C=CN(C(=O)c1cc(C)on1)c1c(C)cccc1C. The van der Waals surface area contributed by atoms with Crippen LogP contribution in [0.15, 0.2) is 47.3 Å². The lowest BCUT2D eigenvalue weighted by Gasteiger charge is -2.20. The quantitative estimate of drug-likeness (QED) is 0.800. The van der Waals surface area contributed by atoms with Gasteiger partial charge in [0.05, 0.1) is 11.9 Å². The van der Waals surface area contributed by atoms with Crippen molar-refractivity contribution in [2.24, 2.45) is 0 Å². The average molecular weight is 268 g/mol. The molecule has 0 aliphatic rings. The van der Waals surface area contributed by atoms with Crippen molar-refractivity contribution < 1.29 is 9.32 Å². The van der Waals surface area contributed by atoms with Gasteiger partial charge in [0.15, 0.2) is 5.69 Å². The van der Waals surface area contributed by atoms with Gasteiger partial charge in [-0.1, -0.05) is 29.9 Å². The molecule has 0 saturated carbocycles. The summed E-state index contributed by atoms with van der Waals surface area (Å²) in [4.78, 5) is 14.1. The Morgan fingerprint density at radius 3 is 2.50 bits per heavy atom. The second-order valence-corrected chi connectivity index (χ2v) is 4.57. The predicted octanol–water partition coefficient (Wildman–Crippen LogP) is 3.55. The van der Waals surface area contributed by atoms with Crippen molar-refractivity contribution in [2.45, 2.75) is 20.8 Å². The minimum atomic E-state index is -0.268. The third-order valence-corrected chi connectivity index (χ3v) is 2.97. The van der Waals surface area contributed by atoms with E-state index in [4.69, 9.17) is 4.52 Å². The lowest BCUT2D eigenvalue weighted by Crippen LogP contribution is -2.26. The van der Waals surface area contributed by atoms with E-state index in [9.17, 15) is 4.79 Å². The summed E-state index contributed by atoms with van der Waals surface area (Å²) < 4.78 is 4.96. The number of carbonyl (C=O) groups excluding carboxylic acids is 1. The molecule has 0 N–H and O–H groups in total. The highest BCUT2D eigenvalue weighted by Gasteiger charge is 2.21. The fourth-order valence-corrected chi connectivity index (χ4v) is 2.09. The zero-order chi connectivity index (χ0) is 14.7. The molecule has 0 atom stereocenters. The molecule has 4 heteroatoms. The highest BCUT2D eigenvalue weighted by molar-refractivity contribution is 6.06. The maximum atomic E-state index is 12.6. The van der Waals surface area contributed by atoms with Crippen molar-refractivity contribution in [3.63, 3.8) is 0 Å². The van der Waals surface area contributed by atoms with Crippen molar-refractivity contribution in [3.05, 3.63) is 65.4 Å². The molecule has 1 heterocycles. The second kappa shape index (κ2) is 5.59. The first-order valence-electron chi connectivity index (χ1n) is 6.23. The van der Waals surface area contributed by atoms with Crippen molar-refractivity contribution in [1.29, 1.82) is 0 Å². The van der Waals surface area contributed by atoms with E-state index in [-0.39, 0.29) is 11.6 Å². The Labute approximate surface area is 118 Å². The van der Waals surface area contributed by atoms with E-state index in [1.807, 2.05) is 32.0 Å². The zero-order valence-corrected chi connectivity index (χ0v) is 11.8. The maximum Gasteiger partial charge on any atom is 0.285 e. The number of hydrogen-bond donors (Lipinski definition) is 0. The van der Waals surface area contributed by atoms with Gasteiger partial charge < -0.3 is 4.52 Å². The smallest absolute Gasteiger partial charge is 0.285 e. The molecule has 20 heavy (non-hydrogen) atoms. The Morgan fingerprint density at radius 2 is 2.00 bits per heavy atom. The summed E-state index contributed by atoms with van der Waals surface area (Å²) in [5, 5.41) is 3.77. The third kappa shape index (κ3) is 2.56. The van der Waals surface area contributed by atoms with Crippen LogP contribution in [0.25, 0.3) is 0 Å². The lowest BCUT2D eigenvalue weighted by molar-refractivity contribution is 0.0988. The molecule has 102 valence electrons. The van der Waals surface area contributed by atoms with Crippen LogP contribution in [0.4, 0.5) is 5.69 Å². The monoisotopic (exact) mass is 268 g/mol. The number of benzene rings is 1. The fraction of sp³-hybridized carbons (Fsp3) is 0.188. The van der Waals surface area contributed by atoms with Crippen LogP contribution in [0.5, 0.6) is 0 Å². The highest BCUT2D eigenvalue weighted by atomic mass is 16.5. The Bertz CT molecular complexity index is 674. The molecule has 0 fully saturated rings. The van der Waals surface area contributed by atoms with Gasteiger partial charge in [-0.2, -0.15) is 0 Å². The van der Waals surface area contributed by atoms with Crippen LogP contribution in [0, 0.1) is 20.8 Å². The zero-order valence-electron chi connectivity index (χ0n) is 11.8. The molecule has 1 amide bonds. The van der Waals surface area contributed by atoms with Crippen molar-refractivity contribution in [3.8, 4) is 0 Å². The van der Waals surface area contributed by atoms with E-state index in [1.165, 1.54) is 11.1 Å². The molecule has 0 saturated heterocycles. The number of carbonyl (C=O) groups is 1. The number of aryl methyl sites for hydroxylation is 3. The number of amides is 1. The van der Waals surface area contributed by atoms with E-state index in [0.29, 0.717) is 5.76 Å². The van der Waals surface area contributed by atoms with Gasteiger partial charge in [0, 0.05) is 6.07 Å². The minimum absolute atomic E-state index is 0.261. The molecule has 1 aromatic carbocycles. The maximum absolute atomic E-state index is 12.6. The molecule has 2 rings (SSSR count). The fourth-order valence-electron chi connectivity index (χ4n) is 2.09. The summed E-state index contributed by atoms with van der Waals surface area (Å²) >= 11 is 0. The Kier molecular flexibility index (Phi) is 3.87. The molecule has 4 nitrogen and oxygen atoms in total. The number of hydrogen-bond acceptors (Lipinski definition) is 3. The Hall–Kier alpha value is -2.58. The summed E-state index contributed by atoms with van der Waals surface area (Å²) in [6, 6.07) is 7.47. The number of aromatic nitrogens is 1. The number of nitrogens with zero attached hydrogens (tertiary/aromatic N) is 2. The molecule has 2 aromatic rings. The van der Waals surface area contributed by atoms with Gasteiger partial charge in [-0.25, -0.2) is 0 Å². The van der Waals surface area contributed by atoms with Crippen LogP contribution in [0.2, 0.25) is 0 Å². The molecule has 0 bridgehead atoms. The first kappa shape index (κ1) is 13.8. The number of rotatable bonds is 3. The van der Waals surface area contributed by atoms with E-state index in [0.717, 1.165) is 16.8 Å². The number of anilines is 1. The van der Waals surface area contributed by atoms with E-state index < -0.39 is 0 Å². The molecule has 0 aliphatic heterocycles. The van der Waals surface area contributed by atoms with Gasteiger partial charge >= 0.3 is 0 Å². The van der Waals surface area contributed by atoms with Crippen LogP contribution in [-0.2, 0) is 0 Å². The van der Waals surface area contributed by atoms with E-state index in [1.54, 1.807) is 13.0 Å². The summed E-state index contributed by atoms with van der Waals surface area (Å²) in [7, 11) is 0. The predicted molar refractivity (Wildman–Crippen MR) is 77.7 cm³/mol. The van der Waals surface area contributed by atoms with E-state index in [2.05, 4.69) is 17.5 Å². The van der Waals surface area contributed by atoms with E-state index >= 15 is 0 Å². The van der Waals surface area contributed by atoms with Gasteiger partial charge in [-0.3, -0.25) is 9.69 Å². The van der Waals surface area contributed by atoms with Gasteiger partial charge in [0.25, 0.3) is 5.91 Å². The Balaban J connectivity index is 2.52.